The Morgan fingerprint density at radius 3 is 2.40 bits per heavy atom. The summed E-state index contributed by atoms with van der Waals surface area (Å²) in [5.74, 6) is 0.273. The minimum atomic E-state index is -3.42. The van der Waals surface area contributed by atoms with Crippen molar-refractivity contribution >= 4 is 44.2 Å². The van der Waals surface area contributed by atoms with Gasteiger partial charge in [0.05, 0.1) is 4.90 Å². The summed E-state index contributed by atoms with van der Waals surface area (Å²) in [7, 11) is -3.42. The molecule has 0 radical (unpaired) electrons. The number of alkyl halides is 2. The number of halogens is 2. The second-order valence-electron chi connectivity index (χ2n) is 2.94. The van der Waals surface area contributed by atoms with Gasteiger partial charge in [0.25, 0.3) is 0 Å². The maximum absolute atomic E-state index is 11.8. The molecule has 0 aliphatic carbocycles. The van der Waals surface area contributed by atoms with Crippen molar-refractivity contribution in [2.45, 2.75) is 10.9 Å². The van der Waals surface area contributed by atoms with E-state index in [1.165, 1.54) is 0 Å². The van der Waals surface area contributed by atoms with Crippen molar-refractivity contribution < 1.29 is 8.42 Å². The minimum absolute atomic E-state index is 0.225. The molecule has 0 unspecified atom stereocenters. The number of hydrogen-bond donors (Lipinski definition) is 1. The number of hydrogen-bond acceptors (Lipinski definition) is 2. The SMILES string of the molecule is O=S(=O)(N[C@H](CCl)CI)c1ccccc1. The lowest BCUT2D eigenvalue weighted by Crippen LogP contribution is -2.37. The summed E-state index contributed by atoms with van der Waals surface area (Å²) in [5.41, 5.74) is 0. The number of rotatable bonds is 5. The van der Waals surface area contributed by atoms with Crippen molar-refractivity contribution in [3.63, 3.8) is 0 Å². The fraction of sp³-hybridized carbons (Fsp3) is 0.333. The standard InChI is InChI=1S/C9H11ClINO2S/c10-6-8(7-11)12-15(13,14)9-4-2-1-3-5-9/h1-5,8,12H,6-7H2/t8-/m1/s1. The first kappa shape index (κ1) is 13.2. The van der Waals surface area contributed by atoms with Crippen molar-refractivity contribution in [1.29, 1.82) is 0 Å². The molecule has 1 aromatic rings. The van der Waals surface area contributed by atoms with Crippen LogP contribution in [0.5, 0.6) is 0 Å². The third-order valence-electron chi connectivity index (χ3n) is 1.75. The highest BCUT2D eigenvalue weighted by atomic mass is 127. The highest BCUT2D eigenvalue weighted by molar-refractivity contribution is 14.1. The van der Waals surface area contributed by atoms with E-state index >= 15 is 0 Å². The van der Waals surface area contributed by atoms with Crippen molar-refractivity contribution in [1.82, 2.24) is 4.72 Å². The molecule has 1 rings (SSSR count). The van der Waals surface area contributed by atoms with Crippen molar-refractivity contribution in [3.05, 3.63) is 30.3 Å². The quantitative estimate of drug-likeness (QED) is 0.646. The van der Waals surface area contributed by atoms with E-state index in [9.17, 15) is 8.42 Å². The number of benzene rings is 1. The predicted molar refractivity (Wildman–Crippen MR) is 70.2 cm³/mol. The molecule has 15 heavy (non-hydrogen) atoms. The van der Waals surface area contributed by atoms with Crippen LogP contribution in [0.2, 0.25) is 0 Å². The fourth-order valence-corrected chi connectivity index (χ4v) is 3.72. The first-order chi connectivity index (χ1) is 7.10. The zero-order valence-electron chi connectivity index (χ0n) is 7.86. The second-order valence-corrected chi connectivity index (χ2v) is 5.84. The predicted octanol–water partition coefficient (Wildman–Crippen LogP) is 2.01. The molecule has 0 spiro atoms. The molecule has 0 heterocycles. The van der Waals surface area contributed by atoms with Crippen molar-refractivity contribution in [2.75, 3.05) is 10.3 Å². The molecule has 1 aromatic carbocycles. The van der Waals surface area contributed by atoms with Gasteiger partial charge in [0.15, 0.2) is 0 Å². The Kier molecular flexibility index (Phi) is 5.31. The summed E-state index contributed by atoms with van der Waals surface area (Å²) >= 11 is 7.73. The highest BCUT2D eigenvalue weighted by Crippen LogP contribution is 2.09. The van der Waals surface area contributed by atoms with Gasteiger partial charge in [-0.25, -0.2) is 13.1 Å². The van der Waals surface area contributed by atoms with E-state index in [4.69, 9.17) is 11.6 Å². The lowest BCUT2D eigenvalue weighted by atomic mass is 10.4. The molecule has 0 saturated carbocycles. The largest absolute Gasteiger partial charge is 0.240 e. The van der Waals surface area contributed by atoms with Crippen LogP contribution in [0, 0.1) is 0 Å². The van der Waals surface area contributed by atoms with Gasteiger partial charge in [-0.05, 0) is 12.1 Å². The molecule has 1 atom stereocenters. The zero-order chi connectivity index (χ0) is 11.3. The third kappa shape index (κ3) is 3.90. The van der Waals surface area contributed by atoms with Crippen LogP contribution < -0.4 is 4.72 Å². The molecule has 0 fully saturated rings. The molecular formula is C9H11ClINO2S. The fourth-order valence-electron chi connectivity index (χ4n) is 0.991. The molecule has 6 heteroatoms. The lowest BCUT2D eigenvalue weighted by Gasteiger charge is -2.13. The van der Waals surface area contributed by atoms with Crippen molar-refractivity contribution in [2.24, 2.45) is 0 Å². The first-order valence-electron chi connectivity index (χ1n) is 4.29. The molecule has 0 saturated heterocycles. The van der Waals surface area contributed by atoms with Crippen LogP contribution >= 0.6 is 34.2 Å². The molecule has 0 aliphatic heterocycles. The van der Waals surface area contributed by atoms with E-state index in [0.29, 0.717) is 4.43 Å². The van der Waals surface area contributed by atoms with Crippen LogP contribution in [-0.2, 0) is 10.0 Å². The molecule has 0 bridgehead atoms. The van der Waals surface area contributed by atoms with Gasteiger partial charge >= 0.3 is 0 Å². The van der Waals surface area contributed by atoms with Crippen molar-refractivity contribution in [3.8, 4) is 0 Å². The Hall–Kier alpha value is 0.150. The zero-order valence-corrected chi connectivity index (χ0v) is 11.6. The van der Waals surface area contributed by atoms with Crippen LogP contribution in [0.3, 0.4) is 0 Å². The van der Waals surface area contributed by atoms with Gasteiger partial charge in [-0.3, -0.25) is 0 Å². The Morgan fingerprint density at radius 2 is 1.93 bits per heavy atom. The van der Waals surface area contributed by atoms with Crippen LogP contribution in [0.4, 0.5) is 0 Å². The summed E-state index contributed by atoms with van der Waals surface area (Å²) < 4.78 is 26.8. The third-order valence-corrected chi connectivity index (χ3v) is 4.72. The van der Waals surface area contributed by atoms with Gasteiger partial charge in [0.2, 0.25) is 10.0 Å². The Labute approximate surface area is 108 Å². The number of nitrogens with one attached hydrogen (secondary N) is 1. The first-order valence-corrected chi connectivity index (χ1v) is 7.84. The molecule has 1 N–H and O–H groups in total. The minimum Gasteiger partial charge on any atom is -0.207 e. The maximum Gasteiger partial charge on any atom is 0.240 e. The molecule has 0 aromatic heterocycles. The van der Waals surface area contributed by atoms with E-state index in [-0.39, 0.29) is 16.8 Å². The van der Waals surface area contributed by atoms with Gasteiger partial charge in [-0.2, -0.15) is 0 Å². The summed E-state index contributed by atoms with van der Waals surface area (Å²) in [6.45, 7) is 0. The van der Waals surface area contributed by atoms with Crippen LogP contribution in [0.1, 0.15) is 0 Å². The smallest absolute Gasteiger partial charge is 0.207 e. The van der Waals surface area contributed by atoms with E-state index in [1.54, 1.807) is 30.3 Å². The Morgan fingerprint density at radius 1 is 1.33 bits per heavy atom. The Balaban J connectivity index is 2.85. The molecule has 0 aliphatic rings. The second kappa shape index (κ2) is 6.03. The van der Waals surface area contributed by atoms with E-state index in [1.807, 2.05) is 0 Å². The maximum atomic E-state index is 11.8. The molecule has 0 amide bonds. The van der Waals surface area contributed by atoms with Crippen LogP contribution in [-0.4, -0.2) is 24.8 Å². The number of sulfonamides is 1. The van der Waals surface area contributed by atoms with Gasteiger partial charge in [-0.15, -0.1) is 11.6 Å². The van der Waals surface area contributed by atoms with Gasteiger partial charge in [0, 0.05) is 16.3 Å². The lowest BCUT2D eigenvalue weighted by molar-refractivity contribution is 0.572. The average Bonchev–Trinajstić information content (AvgIpc) is 2.27. The van der Waals surface area contributed by atoms with Gasteiger partial charge < -0.3 is 0 Å². The molecule has 3 nitrogen and oxygen atoms in total. The van der Waals surface area contributed by atoms with E-state index in [0.717, 1.165) is 0 Å². The summed E-state index contributed by atoms with van der Waals surface area (Å²) in [6.07, 6.45) is 0. The highest BCUT2D eigenvalue weighted by Gasteiger charge is 2.17. The van der Waals surface area contributed by atoms with E-state index in [2.05, 4.69) is 27.3 Å². The topological polar surface area (TPSA) is 46.2 Å². The van der Waals surface area contributed by atoms with Crippen LogP contribution in [0.25, 0.3) is 0 Å². The molecular weight excluding hydrogens is 349 g/mol. The summed E-state index contributed by atoms with van der Waals surface area (Å²) in [4.78, 5) is 0.268. The average molecular weight is 360 g/mol. The summed E-state index contributed by atoms with van der Waals surface area (Å²) in [5, 5.41) is 0. The monoisotopic (exact) mass is 359 g/mol. The Bertz CT molecular complexity index is 392. The van der Waals surface area contributed by atoms with Gasteiger partial charge in [0.1, 0.15) is 0 Å². The normalized spacial score (nSPS) is 13.7. The van der Waals surface area contributed by atoms with E-state index < -0.39 is 10.0 Å². The van der Waals surface area contributed by atoms with Crippen LogP contribution in [0.15, 0.2) is 35.2 Å². The summed E-state index contributed by atoms with van der Waals surface area (Å²) in [6, 6.07) is 8.04. The molecule has 84 valence electrons. The van der Waals surface area contributed by atoms with Gasteiger partial charge in [-0.1, -0.05) is 40.8 Å².